The molecule has 1 aromatic heterocycles. The summed E-state index contributed by atoms with van der Waals surface area (Å²) >= 11 is 5.96. The van der Waals surface area contributed by atoms with E-state index in [0.717, 1.165) is 24.8 Å². The first-order valence-electron chi connectivity index (χ1n) is 7.42. The molecule has 2 N–H and O–H groups in total. The van der Waals surface area contributed by atoms with Gasteiger partial charge in [-0.1, -0.05) is 17.7 Å². The molecule has 2 rings (SSSR count). The van der Waals surface area contributed by atoms with Crippen molar-refractivity contribution in [2.24, 2.45) is 5.73 Å². The van der Waals surface area contributed by atoms with Gasteiger partial charge in [-0.25, -0.2) is 4.98 Å². The Kier molecular flexibility index (Phi) is 5.78. The highest BCUT2D eigenvalue weighted by atomic mass is 35.5. The van der Waals surface area contributed by atoms with E-state index in [4.69, 9.17) is 26.8 Å². The average Bonchev–Trinajstić information content (AvgIpc) is 2.57. The van der Waals surface area contributed by atoms with Crippen LogP contribution in [0.4, 0.5) is 0 Å². The highest BCUT2D eigenvalue weighted by Crippen LogP contribution is 2.26. The molecule has 1 heterocycles. The number of nitrogens with zero attached hydrogens (tertiary/aromatic N) is 2. The predicted molar refractivity (Wildman–Crippen MR) is 89.1 cm³/mol. The molecule has 0 bridgehead atoms. The van der Waals surface area contributed by atoms with Crippen molar-refractivity contribution >= 4 is 11.6 Å². The summed E-state index contributed by atoms with van der Waals surface area (Å²) in [5.74, 6) is 0.654. The van der Waals surface area contributed by atoms with Crippen molar-refractivity contribution in [3.05, 3.63) is 48.2 Å². The van der Waals surface area contributed by atoms with Crippen molar-refractivity contribution in [1.82, 2.24) is 4.98 Å². The van der Waals surface area contributed by atoms with E-state index in [-0.39, 0.29) is 0 Å². The maximum Gasteiger partial charge on any atom is 0.216 e. The van der Waals surface area contributed by atoms with Crippen molar-refractivity contribution in [3.8, 4) is 11.9 Å². The fourth-order valence-corrected chi connectivity index (χ4v) is 2.40. The van der Waals surface area contributed by atoms with Gasteiger partial charge in [0.25, 0.3) is 0 Å². The molecule has 1 aliphatic carbocycles. The molecule has 6 heteroatoms. The normalized spacial score (nSPS) is 26.0. The van der Waals surface area contributed by atoms with Crippen LogP contribution in [0, 0.1) is 11.3 Å². The van der Waals surface area contributed by atoms with E-state index >= 15 is 0 Å². The molecule has 0 aliphatic heterocycles. The van der Waals surface area contributed by atoms with Gasteiger partial charge in [0.2, 0.25) is 5.88 Å². The quantitative estimate of drug-likeness (QED) is 0.359. The zero-order chi connectivity index (χ0) is 16.8. The van der Waals surface area contributed by atoms with Crippen LogP contribution in [0.1, 0.15) is 18.4 Å². The number of aromatic nitrogens is 1. The molecule has 0 spiro atoms. The molecule has 1 aromatic rings. The minimum atomic E-state index is -1.08. The van der Waals surface area contributed by atoms with Crippen LogP contribution in [0.2, 0.25) is 0 Å². The lowest BCUT2D eigenvalue weighted by atomic mass is 9.97. The van der Waals surface area contributed by atoms with E-state index in [1.807, 2.05) is 12.1 Å². The first kappa shape index (κ1) is 17.5. The van der Waals surface area contributed by atoms with Crippen molar-refractivity contribution in [2.75, 3.05) is 13.7 Å². The van der Waals surface area contributed by atoms with E-state index in [1.54, 1.807) is 37.6 Å². The van der Waals surface area contributed by atoms with Gasteiger partial charge in [0.1, 0.15) is 11.1 Å². The van der Waals surface area contributed by atoms with Crippen molar-refractivity contribution in [1.29, 1.82) is 5.26 Å². The lowest BCUT2D eigenvalue weighted by Crippen LogP contribution is -2.36. The third-order valence-electron chi connectivity index (χ3n) is 3.57. The van der Waals surface area contributed by atoms with Crippen LogP contribution in [-0.2, 0) is 11.2 Å². The van der Waals surface area contributed by atoms with Crippen molar-refractivity contribution in [3.63, 3.8) is 0 Å². The number of ether oxygens (including phenoxy) is 2. The summed E-state index contributed by atoms with van der Waals surface area (Å²) in [6, 6.07) is 6.03. The lowest BCUT2D eigenvalue weighted by molar-refractivity contribution is 0.0630. The summed E-state index contributed by atoms with van der Waals surface area (Å²) in [7, 11) is 1.61. The van der Waals surface area contributed by atoms with Crippen LogP contribution >= 0.6 is 11.6 Å². The Morgan fingerprint density at radius 1 is 1.30 bits per heavy atom. The van der Waals surface area contributed by atoms with E-state index in [0.29, 0.717) is 12.5 Å². The van der Waals surface area contributed by atoms with Gasteiger partial charge in [-0.2, -0.15) is 5.26 Å². The molecule has 0 fully saturated rings. The van der Waals surface area contributed by atoms with Crippen LogP contribution in [0.5, 0.6) is 5.88 Å². The molecular formula is C17H20ClN3O2. The van der Waals surface area contributed by atoms with Gasteiger partial charge < -0.3 is 15.2 Å². The average molecular weight is 334 g/mol. The third kappa shape index (κ3) is 4.80. The number of halogens is 1. The van der Waals surface area contributed by atoms with E-state index in [1.165, 1.54) is 0 Å². The number of nitriles is 1. The second kappa shape index (κ2) is 7.60. The van der Waals surface area contributed by atoms with Gasteiger partial charge in [0, 0.05) is 18.4 Å². The van der Waals surface area contributed by atoms with Crippen LogP contribution < -0.4 is 10.5 Å². The summed E-state index contributed by atoms with van der Waals surface area (Å²) in [6.07, 6.45) is 10.6. The molecular weight excluding hydrogens is 314 g/mol. The molecule has 5 nitrogen and oxygen atoms in total. The molecule has 0 atom stereocenters. The van der Waals surface area contributed by atoms with Crippen LogP contribution in [-0.4, -0.2) is 29.3 Å². The lowest BCUT2D eigenvalue weighted by Gasteiger charge is -2.26. The number of aryl methyl sites for hydroxylation is 1. The highest BCUT2D eigenvalue weighted by molar-refractivity contribution is 6.26. The maximum atomic E-state index is 9.33. The zero-order valence-corrected chi connectivity index (χ0v) is 13.8. The first-order valence-corrected chi connectivity index (χ1v) is 7.80. The molecule has 0 saturated carbocycles. The van der Waals surface area contributed by atoms with Crippen LogP contribution in [0.3, 0.4) is 0 Å². The first-order chi connectivity index (χ1) is 11.0. The Morgan fingerprint density at radius 2 is 2.04 bits per heavy atom. The van der Waals surface area contributed by atoms with E-state index in [2.05, 4.69) is 11.1 Å². The molecule has 23 heavy (non-hydrogen) atoms. The number of hydrogen-bond donors (Lipinski definition) is 1. The number of pyridine rings is 1. The molecule has 1 aliphatic rings. The predicted octanol–water partition coefficient (Wildman–Crippen LogP) is 2.71. The van der Waals surface area contributed by atoms with Gasteiger partial charge in [0.15, 0.2) is 5.60 Å². The smallest absolute Gasteiger partial charge is 0.216 e. The fraction of sp³-hybridized carbons (Fsp3) is 0.412. The number of unbranched alkanes of at least 4 members (excludes halogenated alkanes) is 1. The van der Waals surface area contributed by atoms with Gasteiger partial charge in [0.05, 0.1) is 7.11 Å². The Hall–Kier alpha value is -1.87. The Labute approximate surface area is 141 Å². The molecule has 0 radical (unpaired) electrons. The Bertz CT molecular complexity index is 619. The monoisotopic (exact) mass is 333 g/mol. The van der Waals surface area contributed by atoms with Crippen molar-refractivity contribution < 1.29 is 9.47 Å². The number of methoxy groups -OCH3 is 1. The van der Waals surface area contributed by atoms with Gasteiger partial charge in [-0.05, 0) is 49.6 Å². The van der Waals surface area contributed by atoms with E-state index < -0.39 is 10.6 Å². The topological polar surface area (TPSA) is 81.2 Å². The van der Waals surface area contributed by atoms with Gasteiger partial charge >= 0.3 is 0 Å². The van der Waals surface area contributed by atoms with Gasteiger partial charge in [-0.3, -0.25) is 0 Å². The summed E-state index contributed by atoms with van der Waals surface area (Å²) in [5, 5.41) is 9.33. The summed E-state index contributed by atoms with van der Waals surface area (Å²) in [5.41, 5.74) is 5.72. The Morgan fingerprint density at radius 3 is 2.70 bits per heavy atom. The summed E-state index contributed by atoms with van der Waals surface area (Å²) in [4.78, 5) is 3.13. The summed E-state index contributed by atoms with van der Waals surface area (Å²) in [6.45, 7) is 0.463. The van der Waals surface area contributed by atoms with Crippen LogP contribution in [0.15, 0.2) is 42.6 Å². The number of hydrogen-bond acceptors (Lipinski definition) is 5. The molecule has 122 valence electrons. The Balaban J connectivity index is 1.79. The molecule has 0 saturated heterocycles. The van der Waals surface area contributed by atoms with Gasteiger partial charge in [-0.15, -0.1) is 0 Å². The second-order valence-electron chi connectivity index (χ2n) is 5.38. The van der Waals surface area contributed by atoms with Crippen LogP contribution in [0.25, 0.3) is 0 Å². The third-order valence-corrected chi connectivity index (χ3v) is 3.82. The fourth-order valence-electron chi connectivity index (χ4n) is 2.27. The molecule has 0 aromatic carbocycles. The maximum absolute atomic E-state index is 9.33. The molecule has 0 amide bonds. The minimum Gasteiger partial charge on any atom is -0.481 e. The number of alkyl halides is 1. The van der Waals surface area contributed by atoms with E-state index in [9.17, 15) is 5.26 Å². The standard InChI is InChI=1S/C17H20ClN3O2/c1-22-15-14(6-4-11-21-15)5-2-3-12-23-16(13-19)7-9-17(18,20)10-8-16/h4,6-11H,2-3,5,12,20H2,1H3. The zero-order valence-electron chi connectivity index (χ0n) is 13.0. The largest absolute Gasteiger partial charge is 0.481 e. The highest BCUT2D eigenvalue weighted by Gasteiger charge is 2.31. The second-order valence-corrected chi connectivity index (χ2v) is 6.03. The molecule has 0 unspecified atom stereocenters. The summed E-state index contributed by atoms with van der Waals surface area (Å²) < 4.78 is 10.9. The number of rotatable bonds is 7. The number of nitrogens with two attached hydrogens (primary N) is 1. The minimum absolute atomic E-state index is 0.463. The van der Waals surface area contributed by atoms with Crippen molar-refractivity contribution in [2.45, 2.75) is 29.9 Å². The SMILES string of the molecule is COc1ncccc1CCCCOC1(C#N)C=CC(N)(Cl)C=C1.